The molecule has 0 bridgehead atoms. The fourth-order valence-electron chi connectivity index (χ4n) is 2.19. The summed E-state index contributed by atoms with van der Waals surface area (Å²) in [6, 6.07) is 10.2. The third-order valence-electron chi connectivity index (χ3n) is 3.24. The molecule has 1 aromatic carbocycles. The molecule has 0 aliphatic rings. The predicted octanol–water partition coefficient (Wildman–Crippen LogP) is 3.93. The minimum absolute atomic E-state index is 0.668. The van der Waals surface area contributed by atoms with Gasteiger partial charge in [-0.25, -0.2) is 15.0 Å². The molecule has 1 N–H and O–H groups in total. The van der Waals surface area contributed by atoms with Gasteiger partial charge in [0.1, 0.15) is 5.82 Å². The Bertz CT molecular complexity index is 765. The zero-order valence-electron chi connectivity index (χ0n) is 12.2. The van der Waals surface area contributed by atoms with Crippen molar-refractivity contribution in [2.24, 2.45) is 0 Å². The number of thiazole rings is 1. The van der Waals surface area contributed by atoms with Gasteiger partial charge in [0.15, 0.2) is 10.8 Å². The first kappa shape index (κ1) is 13.7. The van der Waals surface area contributed by atoms with Gasteiger partial charge in [-0.3, -0.25) is 0 Å². The van der Waals surface area contributed by atoms with E-state index in [1.807, 2.05) is 44.5 Å². The van der Waals surface area contributed by atoms with Crippen molar-refractivity contribution in [1.29, 1.82) is 0 Å². The van der Waals surface area contributed by atoms with Gasteiger partial charge in [-0.15, -0.1) is 11.3 Å². The molecule has 0 atom stereocenters. The second-order valence-corrected chi connectivity index (χ2v) is 5.64. The Morgan fingerprint density at radius 2 is 1.76 bits per heavy atom. The molecule has 2 aromatic heterocycles. The molecule has 5 heteroatoms. The van der Waals surface area contributed by atoms with Gasteiger partial charge in [-0.2, -0.15) is 0 Å². The quantitative estimate of drug-likeness (QED) is 0.795. The average molecular weight is 296 g/mol. The zero-order valence-corrected chi connectivity index (χ0v) is 13.0. The second-order valence-electron chi connectivity index (χ2n) is 4.78. The van der Waals surface area contributed by atoms with E-state index in [9.17, 15) is 0 Å². The van der Waals surface area contributed by atoms with Crippen LogP contribution in [0.15, 0.2) is 35.7 Å². The lowest BCUT2D eigenvalue weighted by atomic mass is 10.1. The Hall–Kier alpha value is -2.27. The number of benzene rings is 1. The summed E-state index contributed by atoms with van der Waals surface area (Å²) in [6.07, 6.45) is 0. The first-order chi connectivity index (χ1) is 10.2. The van der Waals surface area contributed by atoms with Crippen molar-refractivity contribution in [2.75, 3.05) is 12.4 Å². The van der Waals surface area contributed by atoms with Gasteiger partial charge in [-0.1, -0.05) is 30.3 Å². The fraction of sp³-hybridized carbons (Fsp3) is 0.188. The summed E-state index contributed by atoms with van der Waals surface area (Å²) >= 11 is 1.57. The number of aromatic nitrogens is 3. The van der Waals surface area contributed by atoms with Crippen LogP contribution in [-0.2, 0) is 0 Å². The Labute approximate surface area is 127 Å². The largest absolute Gasteiger partial charge is 0.373 e. The minimum atomic E-state index is 0.668. The Morgan fingerprint density at radius 1 is 1.00 bits per heavy atom. The number of anilines is 1. The Balaban J connectivity index is 2.20. The molecule has 0 unspecified atom stereocenters. The van der Waals surface area contributed by atoms with Gasteiger partial charge >= 0.3 is 0 Å². The summed E-state index contributed by atoms with van der Waals surface area (Å²) in [5.41, 5.74) is 4.06. The second kappa shape index (κ2) is 5.61. The van der Waals surface area contributed by atoms with Crippen LogP contribution >= 0.6 is 11.3 Å². The number of rotatable bonds is 3. The van der Waals surface area contributed by atoms with Gasteiger partial charge < -0.3 is 5.32 Å². The summed E-state index contributed by atoms with van der Waals surface area (Å²) < 4.78 is 0. The molecule has 3 aromatic rings. The number of nitrogens with one attached hydrogen (secondary N) is 1. The Kier molecular flexibility index (Phi) is 3.66. The maximum absolute atomic E-state index is 4.73. The predicted molar refractivity (Wildman–Crippen MR) is 87.6 cm³/mol. The van der Waals surface area contributed by atoms with E-state index in [0.717, 1.165) is 33.3 Å². The fourth-order valence-corrected chi connectivity index (χ4v) is 2.92. The molecule has 0 amide bonds. The summed E-state index contributed by atoms with van der Waals surface area (Å²) in [7, 11) is 1.88. The minimum Gasteiger partial charge on any atom is -0.373 e. The maximum atomic E-state index is 4.73. The van der Waals surface area contributed by atoms with E-state index in [-0.39, 0.29) is 0 Å². The van der Waals surface area contributed by atoms with Crippen LogP contribution in [0.1, 0.15) is 11.3 Å². The third kappa shape index (κ3) is 2.64. The molecule has 2 heterocycles. The van der Waals surface area contributed by atoms with Crippen LogP contribution in [0.2, 0.25) is 0 Å². The van der Waals surface area contributed by atoms with Gasteiger partial charge in [0.05, 0.1) is 5.69 Å². The van der Waals surface area contributed by atoms with Gasteiger partial charge in [0.25, 0.3) is 0 Å². The first-order valence-corrected chi connectivity index (χ1v) is 7.61. The van der Waals surface area contributed by atoms with Crippen molar-refractivity contribution in [1.82, 2.24) is 15.0 Å². The van der Waals surface area contributed by atoms with Crippen molar-refractivity contribution in [3.8, 4) is 22.1 Å². The third-order valence-corrected chi connectivity index (χ3v) is 4.20. The lowest BCUT2D eigenvalue weighted by molar-refractivity contribution is 1.12. The molecule has 0 radical (unpaired) electrons. The van der Waals surface area contributed by atoms with E-state index >= 15 is 0 Å². The van der Waals surface area contributed by atoms with E-state index < -0.39 is 0 Å². The van der Waals surface area contributed by atoms with Gasteiger partial charge in [0.2, 0.25) is 0 Å². The maximum Gasteiger partial charge on any atom is 0.191 e. The summed E-state index contributed by atoms with van der Waals surface area (Å²) in [5.74, 6) is 1.51. The lowest BCUT2D eigenvalue weighted by Crippen LogP contribution is -2.02. The molecule has 106 valence electrons. The van der Waals surface area contributed by atoms with Crippen molar-refractivity contribution >= 4 is 17.2 Å². The molecular formula is C16H16N4S. The highest BCUT2D eigenvalue weighted by Gasteiger charge is 2.14. The molecule has 0 saturated heterocycles. The van der Waals surface area contributed by atoms with Crippen molar-refractivity contribution in [2.45, 2.75) is 13.8 Å². The highest BCUT2D eigenvalue weighted by atomic mass is 32.1. The highest BCUT2D eigenvalue weighted by Crippen LogP contribution is 2.29. The standard InChI is InChI=1S/C16H16N4S/c1-10-9-21-16(18-10)15-19-13(11(2)14(17-3)20-15)12-7-5-4-6-8-12/h4-9H,1-3H3,(H,17,19,20). The Morgan fingerprint density at radius 3 is 2.38 bits per heavy atom. The summed E-state index contributed by atoms with van der Waals surface area (Å²) in [5, 5.41) is 6.01. The van der Waals surface area contributed by atoms with Crippen molar-refractivity contribution in [3.05, 3.63) is 47.0 Å². The summed E-state index contributed by atoms with van der Waals surface area (Å²) in [6.45, 7) is 4.01. The van der Waals surface area contributed by atoms with E-state index in [2.05, 4.69) is 27.4 Å². The molecule has 3 rings (SSSR count). The van der Waals surface area contributed by atoms with Gasteiger partial charge in [0, 0.05) is 29.2 Å². The van der Waals surface area contributed by atoms with Crippen molar-refractivity contribution < 1.29 is 0 Å². The van der Waals surface area contributed by atoms with Crippen LogP contribution in [0.4, 0.5) is 5.82 Å². The van der Waals surface area contributed by atoms with Crippen LogP contribution < -0.4 is 5.32 Å². The molecule has 4 nitrogen and oxygen atoms in total. The monoisotopic (exact) mass is 296 g/mol. The van der Waals surface area contributed by atoms with Crippen LogP contribution in [0.25, 0.3) is 22.1 Å². The summed E-state index contributed by atoms with van der Waals surface area (Å²) in [4.78, 5) is 13.8. The topological polar surface area (TPSA) is 50.7 Å². The normalized spacial score (nSPS) is 10.6. The van der Waals surface area contributed by atoms with E-state index in [1.54, 1.807) is 11.3 Å². The lowest BCUT2D eigenvalue weighted by Gasteiger charge is -2.11. The molecule has 0 saturated carbocycles. The molecule has 0 spiro atoms. The molecule has 0 aliphatic carbocycles. The molecule has 0 aliphatic heterocycles. The number of hydrogen-bond donors (Lipinski definition) is 1. The van der Waals surface area contributed by atoms with Crippen LogP contribution in [0.5, 0.6) is 0 Å². The zero-order chi connectivity index (χ0) is 14.8. The van der Waals surface area contributed by atoms with Crippen LogP contribution in [-0.4, -0.2) is 22.0 Å². The molecular weight excluding hydrogens is 280 g/mol. The number of nitrogens with zero attached hydrogens (tertiary/aromatic N) is 3. The highest BCUT2D eigenvalue weighted by molar-refractivity contribution is 7.13. The molecule has 0 fully saturated rings. The number of aryl methyl sites for hydroxylation is 1. The van der Waals surface area contributed by atoms with Crippen LogP contribution in [0.3, 0.4) is 0 Å². The van der Waals surface area contributed by atoms with Crippen molar-refractivity contribution in [3.63, 3.8) is 0 Å². The molecule has 21 heavy (non-hydrogen) atoms. The number of hydrogen-bond acceptors (Lipinski definition) is 5. The van der Waals surface area contributed by atoms with E-state index in [0.29, 0.717) is 5.82 Å². The smallest absolute Gasteiger partial charge is 0.191 e. The SMILES string of the molecule is CNc1nc(-c2nc(C)cs2)nc(-c2ccccc2)c1C. The van der Waals surface area contributed by atoms with E-state index in [1.165, 1.54) is 0 Å². The average Bonchev–Trinajstić information content (AvgIpc) is 2.95. The van der Waals surface area contributed by atoms with E-state index in [4.69, 9.17) is 4.98 Å². The van der Waals surface area contributed by atoms with Crippen LogP contribution in [0, 0.1) is 13.8 Å². The first-order valence-electron chi connectivity index (χ1n) is 6.73. The van der Waals surface area contributed by atoms with Gasteiger partial charge in [-0.05, 0) is 13.8 Å².